The maximum absolute atomic E-state index is 5.58. The molecule has 0 aliphatic rings. The van der Waals surface area contributed by atoms with Gasteiger partial charge in [-0.3, -0.25) is 0 Å². The number of hydrogen-bond donors (Lipinski definition) is 1. The van der Waals surface area contributed by atoms with Gasteiger partial charge in [0.25, 0.3) is 0 Å². The Hall–Kier alpha value is 0.250. The third-order valence-corrected chi connectivity index (χ3v) is 1.55. The minimum Gasteiger partial charge on any atom is -0.340 e. The van der Waals surface area contributed by atoms with Crippen molar-refractivity contribution in [3.63, 3.8) is 0 Å². The van der Waals surface area contributed by atoms with Gasteiger partial charge in [-0.05, 0) is 0 Å². The van der Waals surface area contributed by atoms with Crippen molar-refractivity contribution in [2.24, 2.45) is 5.92 Å². The van der Waals surface area contributed by atoms with Crippen LogP contribution < -0.4 is 4.90 Å². The SMILES string of the molecule is C[C@H](CCl)C[NH+](C)C. The lowest BCUT2D eigenvalue weighted by molar-refractivity contribution is -0.861. The first kappa shape index (κ1) is 8.25. The van der Waals surface area contributed by atoms with Crippen molar-refractivity contribution in [2.75, 3.05) is 26.5 Å². The van der Waals surface area contributed by atoms with Gasteiger partial charge in [0.2, 0.25) is 0 Å². The van der Waals surface area contributed by atoms with Gasteiger partial charge in [-0.15, -0.1) is 11.6 Å². The summed E-state index contributed by atoms with van der Waals surface area (Å²) in [6.07, 6.45) is 0. The molecule has 0 fully saturated rings. The molecule has 0 spiro atoms. The Labute approximate surface area is 56.6 Å². The first-order valence-electron chi connectivity index (χ1n) is 3.01. The quantitative estimate of drug-likeness (QED) is 0.522. The van der Waals surface area contributed by atoms with E-state index < -0.39 is 0 Å². The van der Waals surface area contributed by atoms with Crippen molar-refractivity contribution in [2.45, 2.75) is 6.92 Å². The average molecular weight is 137 g/mol. The molecule has 0 aliphatic carbocycles. The summed E-state index contributed by atoms with van der Waals surface area (Å²) >= 11 is 5.58. The molecule has 0 unspecified atom stereocenters. The highest BCUT2D eigenvalue weighted by Crippen LogP contribution is 1.91. The van der Waals surface area contributed by atoms with Crippen LogP contribution in [0.2, 0.25) is 0 Å². The molecule has 0 amide bonds. The lowest BCUT2D eigenvalue weighted by atomic mass is 10.2. The van der Waals surface area contributed by atoms with Gasteiger partial charge < -0.3 is 4.90 Å². The smallest absolute Gasteiger partial charge is 0.0804 e. The predicted octanol–water partition coefficient (Wildman–Crippen LogP) is 0.00580. The third-order valence-electron chi connectivity index (χ3n) is 1.02. The van der Waals surface area contributed by atoms with E-state index in [1.807, 2.05) is 0 Å². The van der Waals surface area contributed by atoms with Crippen LogP contribution in [0.5, 0.6) is 0 Å². The molecule has 0 aromatic heterocycles. The largest absolute Gasteiger partial charge is 0.340 e. The van der Waals surface area contributed by atoms with Crippen molar-refractivity contribution < 1.29 is 4.90 Å². The van der Waals surface area contributed by atoms with E-state index in [4.69, 9.17) is 11.6 Å². The van der Waals surface area contributed by atoms with Gasteiger partial charge in [0.1, 0.15) is 0 Å². The Morgan fingerprint density at radius 3 is 2.12 bits per heavy atom. The van der Waals surface area contributed by atoms with Crippen molar-refractivity contribution in [3.05, 3.63) is 0 Å². The Kier molecular flexibility index (Phi) is 4.29. The number of hydrogen-bond acceptors (Lipinski definition) is 0. The normalized spacial score (nSPS) is 14.6. The number of rotatable bonds is 3. The molecule has 0 rings (SSSR count). The van der Waals surface area contributed by atoms with Crippen molar-refractivity contribution in [1.29, 1.82) is 0 Å². The molecule has 0 bridgehead atoms. The first-order valence-corrected chi connectivity index (χ1v) is 3.55. The van der Waals surface area contributed by atoms with Crippen LogP contribution in [0.25, 0.3) is 0 Å². The summed E-state index contributed by atoms with van der Waals surface area (Å²) < 4.78 is 0. The highest BCUT2D eigenvalue weighted by Gasteiger charge is 2.02. The first-order chi connectivity index (χ1) is 3.66. The standard InChI is InChI=1S/C6H14ClN/c1-6(4-7)5-8(2)3/h6H,4-5H2,1-3H3/p+1/t6-/m1/s1. The third kappa shape index (κ3) is 4.41. The lowest BCUT2D eigenvalue weighted by Crippen LogP contribution is -3.06. The van der Waals surface area contributed by atoms with E-state index in [2.05, 4.69) is 21.0 Å². The van der Waals surface area contributed by atoms with Crippen LogP contribution in [-0.2, 0) is 0 Å². The molecule has 0 aliphatic heterocycles. The summed E-state index contributed by atoms with van der Waals surface area (Å²) in [5.74, 6) is 1.44. The number of nitrogens with one attached hydrogen (secondary N) is 1. The second-order valence-electron chi connectivity index (χ2n) is 2.67. The number of alkyl halides is 1. The molecule has 1 nitrogen and oxygen atoms in total. The second kappa shape index (κ2) is 4.16. The van der Waals surface area contributed by atoms with Crippen molar-refractivity contribution in [3.8, 4) is 0 Å². The van der Waals surface area contributed by atoms with Crippen LogP contribution >= 0.6 is 11.6 Å². The van der Waals surface area contributed by atoms with Crippen molar-refractivity contribution in [1.82, 2.24) is 0 Å². The second-order valence-corrected chi connectivity index (χ2v) is 2.98. The van der Waals surface area contributed by atoms with E-state index in [1.54, 1.807) is 0 Å². The molecule has 0 heterocycles. The molecule has 50 valence electrons. The Morgan fingerprint density at radius 1 is 1.50 bits per heavy atom. The van der Waals surface area contributed by atoms with Crippen LogP contribution in [0, 0.1) is 5.92 Å². The van der Waals surface area contributed by atoms with Crippen LogP contribution in [0.4, 0.5) is 0 Å². The van der Waals surface area contributed by atoms with Crippen LogP contribution in [0.3, 0.4) is 0 Å². The van der Waals surface area contributed by atoms with Crippen LogP contribution in [0.1, 0.15) is 6.92 Å². The summed E-state index contributed by atoms with van der Waals surface area (Å²) in [6.45, 7) is 3.34. The van der Waals surface area contributed by atoms with Gasteiger partial charge in [0.15, 0.2) is 0 Å². The molecule has 0 aromatic rings. The van der Waals surface area contributed by atoms with Gasteiger partial charge in [0, 0.05) is 11.8 Å². The van der Waals surface area contributed by atoms with Crippen molar-refractivity contribution >= 4 is 11.6 Å². The molecule has 0 radical (unpaired) electrons. The minimum atomic E-state index is 0.654. The van der Waals surface area contributed by atoms with Gasteiger partial charge in [-0.1, -0.05) is 6.92 Å². The molecule has 2 heteroatoms. The van der Waals surface area contributed by atoms with Crippen LogP contribution in [-0.4, -0.2) is 26.5 Å². The van der Waals surface area contributed by atoms with E-state index in [0.717, 1.165) is 5.88 Å². The fourth-order valence-electron chi connectivity index (χ4n) is 0.751. The van der Waals surface area contributed by atoms with E-state index >= 15 is 0 Å². The molecule has 0 aromatic carbocycles. The molecule has 0 saturated heterocycles. The van der Waals surface area contributed by atoms with E-state index in [-0.39, 0.29) is 0 Å². The van der Waals surface area contributed by atoms with Gasteiger partial charge in [-0.2, -0.15) is 0 Å². The zero-order valence-corrected chi connectivity index (χ0v) is 6.63. The maximum atomic E-state index is 5.58. The fourth-order valence-corrected chi connectivity index (χ4v) is 0.861. The predicted molar refractivity (Wildman–Crippen MR) is 37.6 cm³/mol. The molecule has 0 saturated carbocycles. The molecule has 8 heavy (non-hydrogen) atoms. The van der Waals surface area contributed by atoms with E-state index in [0.29, 0.717) is 5.92 Å². The molecular weight excluding hydrogens is 122 g/mol. The summed E-state index contributed by atoms with van der Waals surface area (Å²) in [5.41, 5.74) is 0. The lowest BCUT2D eigenvalue weighted by Gasteiger charge is -2.10. The summed E-state index contributed by atoms with van der Waals surface area (Å²) in [5, 5.41) is 0. The van der Waals surface area contributed by atoms with E-state index in [1.165, 1.54) is 11.4 Å². The highest BCUT2D eigenvalue weighted by atomic mass is 35.5. The fraction of sp³-hybridized carbons (Fsp3) is 1.00. The maximum Gasteiger partial charge on any atom is 0.0804 e. The highest BCUT2D eigenvalue weighted by molar-refractivity contribution is 6.18. The topological polar surface area (TPSA) is 4.44 Å². The minimum absolute atomic E-state index is 0.654. The summed E-state index contributed by atoms with van der Waals surface area (Å²) in [7, 11) is 4.28. The number of halogens is 1. The van der Waals surface area contributed by atoms with Crippen LogP contribution in [0.15, 0.2) is 0 Å². The average Bonchev–Trinajstić information content (AvgIpc) is 1.65. The zero-order chi connectivity index (χ0) is 6.57. The summed E-state index contributed by atoms with van der Waals surface area (Å²) in [4.78, 5) is 1.47. The van der Waals surface area contributed by atoms with Gasteiger partial charge >= 0.3 is 0 Å². The summed E-state index contributed by atoms with van der Waals surface area (Å²) in [6, 6.07) is 0. The van der Waals surface area contributed by atoms with Gasteiger partial charge in [0.05, 0.1) is 20.6 Å². The zero-order valence-electron chi connectivity index (χ0n) is 5.87. The molecular formula is C6H15ClN+. The Morgan fingerprint density at radius 2 is 2.00 bits per heavy atom. The van der Waals surface area contributed by atoms with E-state index in [9.17, 15) is 0 Å². The molecule has 1 N–H and O–H groups in total. The number of quaternary nitrogens is 1. The van der Waals surface area contributed by atoms with Gasteiger partial charge in [-0.25, -0.2) is 0 Å². The Bertz CT molecular complexity index is 54.5. The molecule has 1 atom stereocenters. The Balaban J connectivity index is 3.10. The monoisotopic (exact) mass is 136 g/mol.